The predicted molar refractivity (Wildman–Crippen MR) is 114 cm³/mol. The van der Waals surface area contributed by atoms with Gasteiger partial charge in [0.25, 0.3) is 11.5 Å². The molecule has 0 bridgehead atoms. The number of rotatable bonds is 4. The summed E-state index contributed by atoms with van der Waals surface area (Å²) in [7, 11) is 0. The van der Waals surface area contributed by atoms with Crippen LogP contribution in [0.1, 0.15) is 23.2 Å². The van der Waals surface area contributed by atoms with Crippen molar-refractivity contribution in [3.05, 3.63) is 70.8 Å². The molecule has 1 amide bonds. The Balaban J connectivity index is 1.25. The van der Waals surface area contributed by atoms with Crippen molar-refractivity contribution in [3.63, 3.8) is 0 Å². The van der Waals surface area contributed by atoms with Gasteiger partial charge in [0.1, 0.15) is 11.0 Å². The fraction of sp³-hybridized carbons (Fsp3) is 0.273. The first-order valence-corrected chi connectivity index (χ1v) is 10.3. The van der Waals surface area contributed by atoms with E-state index in [2.05, 4.69) is 25.5 Å². The van der Waals surface area contributed by atoms with Crippen LogP contribution in [0.15, 0.2) is 59.7 Å². The summed E-state index contributed by atoms with van der Waals surface area (Å²) in [6.07, 6.45) is 5.07. The fourth-order valence-electron chi connectivity index (χ4n) is 3.98. The monoisotopic (exact) mass is 415 g/mol. The van der Waals surface area contributed by atoms with Crippen LogP contribution in [-0.2, 0) is 6.54 Å². The van der Waals surface area contributed by atoms with Crippen LogP contribution in [0.25, 0.3) is 22.3 Å². The highest BCUT2D eigenvalue weighted by atomic mass is 16.2. The van der Waals surface area contributed by atoms with Crippen molar-refractivity contribution >= 4 is 16.9 Å². The van der Waals surface area contributed by atoms with Crippen molar-refractivity contribution in [2.24, 2.45) is 5.92 Å². The SMILES string of the molecule is O=C(c1ccc2n[nH]nc2c1)N1CCC(Cn2nc(-c3ccncc3)ccc2=O)CC1. The van der Waals surface area contributed by atoms with Crippen molar-refractivity contribution < 1.29 is 4.79 Å². The average Bonchev–Trinajstić information content (AvgIpc) is 3.29. The number of hydrogen-bond acceptors (Lipinski definition) is 6. The van der Waals surface area contributed by atoms with Crippen molar-refractivity contribution in [1.29, 1.82) is 0 Å². The number of nitrogens with one attached hydrogen (secondary N) is 1. The number of aromatic amines is 1. The summed E-state index contributed by atoms with van der Waals surface area (Å²) in [5, 5.41) is 15.2. The Morgan fingerprint density at radius 1 is 1.00 bits per heavy atom. The lowest BCUT2D eigenvalue weighted by atomic mass is 9.96. The van der Waals surface area contributed by atoms with Gasteiger partial charge in [-0.3, -0.25) is 14.6 Å². The number of amides is 1. The third kappa shape index (κ3) is 3.94. The number of aromatic nitrogens is 6. The van der Waals surface area contributed by atoms with E-state index in [1.807, 2.05) is 17.0 Å². The maximum Gasteiger partial charge on any atom is 0.266 e. The van der Waals surface area contributed by atoms with Crippen LogP contribution in [0.3, 0.4) is 0 Å². The minimum atomic E-state index is -0.114. The first-order valence-electron chi connectivity index (χ1n) is 10.3. The summed E-state index contributed by atoms with van der Waals surface area (Å²) in [6, 6.07) is 12.4. The minimum Gasteiger partial charge on any atom is -0.339 e. The number of pyridine rings is 1. The summed E-state index contributed by atoms with van der Waals surface area (Å²) < 4.78 is 1.54. The Morgan fingerprint density at radius 3 is 2.58 bits per heavy atom. The van der Waals surface area contributed by atoms with Gasteiger partial charge in [-0.15, -0.1) is 0 Å². The molecule has 1 aliphatic heterocycles. The standard InChI is InChI=1S/C22H21N7O2/c30-21-4-3-18(16-5-9-23-10-6-16)26-29(21)14-15-7-11-28(12-8-15)22(31)17-1-2-19-20(13-17)25-27-24-19/h1-6,9-10,13,15H,7-8,11-12,14H2,(H,24,25,27). The zero-order chi connectivity index (χ0) is 21.2. The van der Waals surface area contributed by atoms with E-state index in [1.54, 1.807) is 42.7 Å². The van der Waals surface area contributed by atoms with Gasteiger partial charge in [-0.1, -0.05) is 0 Å². The van der Waals surface area contributed by atoms with Crippen molar-refractivity contribution in [3.8, 4) is 11.3 Å². The zero-order valence-electron chi connectivity index (χ0n) is 16.8. The second-order valence-corrected chi connectivity index (χ2v) is 7.74. The number of fused-ring (bicyclic) bond motifs is 1. The number of piperidine rings is 1. The Morgan fingerprint density at radius 2 is 1.77 bits per heavy atom. The second-order valence-electron chi connectivity index (χ2n) is 7.74. The molecule has 1 aromatic carbocycles. The van der Waals surface area contributed by atoms with Gasteiger partial charge in [-0.05, 0) is 55.2 Å². The summed E-state index contributed by atoms with van der Waals surface area (Å²) in [6.45, 7) is 1.85. The third-order valence-corrected chi connectivity index (χ3v) is 5.74. The molecular formula is C22H21N7O2. The lowest BCUT2D eigenvalue weighted by Crippen LogP contribution is -2.40. The second kappa shape index (κ2) is 8.10. The van der Waals surface area contributed by atoms with Crippen LogP contribution in [0.2, 0.25) is 0 Å². The molecule has 0 spiro atoms. The normalized spacial score (nSPS) is 14.8. The number of benzene rings is 1. The van der Waals surface area contributed by atoms with Crippen LogP contribution < -0.4 is 5.56 Å². The van der Waals surface area contributed by atoms with E-state index in [4.69, 9.17) is 0 Å². The van der Waals surface area contributed by atoms with Crippen molar-refractivity contribution in [2.75, 3.05) is 13.1 Å². The molecule has 0 unspecified atom stereocenters. The molecule has 9 heteroatoms. The lowest BCUT2D eigenvalue weighted by Gasteiger charge is -2.32. The Hall–Kier alpha value is -3.88. The molecule has 1 aliphatic rings. The van der Waals surface area contributed by atoms with Crippen molar-refractivity contribution in [1.82, 2.24) is 35.1 Å². The van der Waals surface area contributed by atoms with E-state index < -0.39 is 0 Å². The molecule has 156 valence electrons. The molecule has 1 N–H and O–H groups in total. The topological polar surface area (TPSA) is 110 Å². The van der Waals surface area contributed by atoms with Gasteiger partial charge >= 0.3 is 0 Å². The molecule has 1 saturated heterocycles. The van der Waals surface area contributed by atoms with Gasteiger partial charge in [0.15, 0.2) is 0 Å². The number of hydrogen-bond donors (Lipinski definition) is 1. The van der Waals surface area contributed by atoms with Crippen molar-refractivity contribution in [2.45, 2.75) is 19.4 Å². The van der Waals surface area contributed by atoms with E-state index >= 15 is 0 Å². The summed E-state index contributed by atoms with van der Waals surface area (Å²) in [4.78, 5) is 31.1. The Labute approximate surface area is 177 Å². The third-order valence-electron chi connectivity index (χ3n) is 5.74. The van der Waals surface area contributed by atoms with Crippen LogP contribution in [-0.4, -0.2) is 54.1 Å². The van der Waals surface area contributed by atoms with Gasteiger partial charge in [-0.2, -0.15) is 20.5 Å². The molecule has 31 heavy (non-hydrogen) atoms. The highest BCUT2D eigenvalue weighted by Gasteiger charge is 2.25. The first kappa shape index (κ1) is 19.1. The van der Waals surface area contributed by atoms with Crippen LogP contribution in [0.5, 0.6) is 0 Å². The zero-order valence-corrected chi connectivity index (χ0v) is 16.8. The quantitative estimate of drug-likeness (QED) is 0.547. The number of carbonyl (C=O) groups excluding carboxylic acids is 1. The summed E-state index contributed by atoms with van der Waals surface area (Å²) in [5.41, 5.74) is 3.59. The molecule has 3 aromatic heterocycles. The van der Waals surface area contributed by atoms with E-state index in [1.165, 1.54) is 4.68 Å². The van der Waals surface area contributed by atoms with Gasteiger partial charge in [0, 0.05) is 49.2 Å². The van der Waals surface area contributed by atoms with Gasteiger partial charge in [-0.25, -0.2) is 4.68 Å². The van der Waals surface area contributed by atoms with E-state index in [0.717, 1.165) is 29.6 Å². The number of carbonyl (C=O) groups is 1. The average molecular weight is 415 g/mol. The molecule has 1 fully saturated rings. The van der Waals surface area contributed by atoms with Gasteiger partial charge in [0.05, 0.1) is 5.69 Å². The summed E-state index contributed by atoms with van der Waals surface area (Å²) in [5.74, 6) is 0.290. The molecule has 0 atom stereocenters. The maximum atomic E-state index is 12.9. The van der Waals surface area contributed by atoms with Gasteiger partial charge in [0.2, 0.25) is 0 Å². The number of nitrogens with zero attached hydrogens (tertiary/aromatic N) is 6. The molecular weight excluding hydrogens is 394 g/mol. The van der Waals surface area contributed by atoms with E-state index in [0.29, 0.717) is 36.6 Å². The molecule has 0 aliphatic carbocycles. The molecule has 4 heterocycles. The molecule has 9 nitrogen and oxygen atoms in total. The largest absolute Gasteiger partial charge is 0.339 e. The Kier molecular flexibility index (Phi) is 4.99. The smallest absolute Gasteiger partial charge is 0.266 e. The molecule has 0 saturated carbocycles. The highest BCUT2D eigenvalue weighted by molar-refractivity contribution is 5.97. The van der Waals surface area contributed by atoms with E-state index in [9.17, 15) is 9.59 Å². The van der Waals surface area contributed by atoms with E-state index in [-0.39, 0.29) is 11.5 Å². The first-order chi connectivity index (χ1) is 15.2. The maximum absolute atomic E-state index is 12.9. The Bertz CT molecular complexity index is 1270. The molecule has 0 radical (unpaired) electrons. The van der Waals surface area contributed by atoms with Gasteiger partial charge < -0.3 is 4.90 Å². The lowest BCUT2D eigenvalue weighted by molar-refractivity contribution is 0.0680. The predicted octanol–water partition coefficient (Wildman–Crippen LogP) is 2.13. The summed E-state index contributed by atoms with van der Waals surface area (Å²) >= 11 is 0. The number of H-pyrrole nitrogens is 1. The minimum absolute atomic E-state index is 0.00155. The number of likely N-dealkylation sites (tertiary alicyclic amines) is 1. The molecule has 4 aromatic rings. The van der Waals surface area contributed by atoms with Crippen LogP contribution in [0, 0.1) is 5.92 Å². The van der Waals surface area contributed by atoms with Crippen LogP contribution in [0.4, 0.5) is 0 Å². The molecule has 5 rings (SSSR count). The highest BCUT2D eigenvalue weighted by Crippen LogP contribution is 2.22. The van der Waals surface area contributed by atoms with Crippen LogP contribution >= 0.6 is 0 Å². The fourth-order valence-corrected chi connectivity index (χ4v) is 3.98.